The Morgan fingerprint density at radius 2 is 1.95 bits per heavy atom. The second kappa shape index (κ2) is 7.40. The molecule has 2 rings (SSSR count). The first kappa shape index (κ1) is 16.5. The number of aliphatic imine (C=N–C) groups is 1. The zero-order chi connectivity index (χ0) is 16.1. The Hall–Kier alpha value is -1.89. The molecule has 0 unspecified atom stereocenters. The minimum Gasteiger partial charge on any atom is -0.361 e. The van der Waals surface area contributed by atoms with E-state index in [1.165, 1.54) is 4.88 Å². The summed E-state index contributed by atoms with van der Waals surface area (Å²) in [7, 11) is 1.77. The Morgan fingerprint density at radius 3 is 2.50 bits per heavy atom. The molecule has 0 atom stereocenters. The van der Waals surface area contributed by atoms with Crippen molar-refractivity contribution < 1.29 is 4.52 Å². The fourth-order valence-corrected chi connectivity index (χ4v) is 3.03. The fourth-order valence-electron chi connectivity index (χ4n) is 2.16. The van der Waals surface area contributed by atoms with Crippen LogP contribution < -0.4 is 10.6 Å². The van der Waals surface area contributed by atoms with Gasteiger partial charge in [-0.1, -0.05) is 5.16 Å². The molecule has 0 amide bonds. The molecule has 0 fully saturated rings. The molecule has 0 radical (unpaired) electrons. The van der Waals surface area contributed by atoms with Crippen molar-refractivity contribution in [1.29, 1.82) is 0 Å². The van der Waals surface area contributed by atoms with Crippen LogP contribution in [0.1, 0.15) is 32.6 Å². The predicted octanol–water partition coefficient (Wildman–Crippen LogP) is 2.27. The first-order valence-electron chi connectivity index (χ1n) is 7.30. The van der Waals surface area contributed by atoms with E-state index in [-0.39, 0.29) is 0 Å². The summed E-state index contributed by atoms with van der Waals surface area (Å²) in [5.41, 5.74) is 3.22. The highest BCUT2D eigenvalue weighted by Crippen LogP contribution is 2.16. The predicted molar refractivity (Wildman–Crippen MR) is 89.5 cm³/mol. The van der Waals surface area contributed by atoms with Gasteiger partial charge in [0, 0.05) is 24.0 Å². The summed E-state index contributed by atoms with van der Waals surface area (Å²) >= 11 is 1.72. The summed E-state index contributed by atoms with van der Waals surface area (Å²) in [5, 5.41) is 11.6. The summed E-state index contributed by atoms with van der Waals surface area (Å²) in [5.74, 6) is 1.66. The van der Waals surface area contributed by atoms with Crippen LogP contribution in [0, 0.1) is 27.7 Å². The molecule has 0 spiro atoms. The van der Waals surface area contributed by atoms with Crippen LogP contribution in [0.5, 0.6) is 0 Å². The first-order valence-corrected chi connectivity index (χ1v) is 8.12. The van der Waals surface area contributed by atoms with Crippen molar-refractivity contribution in [3.8, 4) is 0 Å². The van der Waals surface area contributed by atoms with Crippen molar-refractivity contribution in [1.82, 2.24) is 20.8 Å². The van der Waals surface area contributed by atoms with Crippen molar-refractivity contribution in [3.05, 3.63) is 32.6 Å². The number of nitrogens with zero attached hydrogens (tertiary/aromatic N) is 3. The van der Waals surface area contributed by atoms with Gasteiger partial charge in [0.05, 0.1) is 17.9 Å². The van der Waals surface area contributed by atoms with Gasteiger partial charge in [-0.05, 0) is 34.1 Å². The molecule has 0 aliphatic carbocycles. The first-order chi connectivity index (χ1) is 10.5. The van der Waals surface area contributed by atoms with Gasteiger partial charge in [0.2, 0.25) is 0 Å². The molecule has 120 valence electrons. The maximum absolute atomic E-state index is 5.17. The van der Waals surface area contributed by atoms with E-state index in [9.17, 15) is 0 Å². The minimum absolute atomic E-state index is 0.685. The van der Waals surface area contributed by atoms with Crippen molar-refractivity contribution in [2.75, 3.05) is 13.6 Å². The van der Waals surface area contributed by atoms with Gasteiger partial charge >= 0.3 is 0 Å². The second-order valence-corrected chi connectivity index (χ2v) is 6.44. The molecule has 2 aromatic rings. The number of guanidine groups is 1. The summed E-state index contributed by atoms with van der Waals surface area (Å²) in [6, 6.07) is 0. The van der Waals surface area contributed by atoms with Gasteiger partial charge in [0.25, 0.3) is 0 Å². The third-order valence-electron chi connectivity index (χ3n) is 3.55. The maximum Gasteiger partial charge on any atom is 0.191 e. The number of aryl methyl sites for hydroxylation is 4. The fraction of sp³-hybridized carbons (Fsp3) is 0.533. The van der Waals surface area contributed by atoms with Crippen LogP contribution in [-0.2, 0) is 13.0 Å². The number of rotatable bonds is 5. The molecule has 0 saturated heterocycles. The lowest BCUT2D eigenvalue weighted by Crippen LogP contribution is -2.37. The molecule has 6 nitrogen and oxygen atoms in total. The molecule has 0 bridgehead atoms. The largest absolute Gasteiger partial charge is 0.361 e. The third-order valence-corrected chi connectivity index (χ3v) is 4.62. The molecular weight excluding hydrogens is 298 g/mol. The average molecular weight is 321 g/mol. The van der Waals surface area contributed by atoms with Crippen LogP contribution in [0.15, 0.2) is 9.52 Å². The van der Waals surface area contributed by atoms with Crippen molar-refractivity contribution in [2.45, 2.75) is 40.7 Å². The highest BCUT2D eigenvalue weighted by Gasteiger charge is 2.09. The van der Waals surface area contributed by atoms with Crippen LogP contribution in [-0.4, -0.2) is 29.7 Å². The third kappa shape index (κ3) is 4.07. The average Bonchev–Trinajstić information content (AvgIpc) is 2.98. The summed E-state index contributed by atoms with van der Waals surface area (Å²) < 4.78 is 5.17. The number of nitrogens with one attached hydrogen (secondary N) is 2. The summed E-state index contributed by atoms with van der Waals surface area (Å²) in [6.45, 7) is 9.49. The molecule has 0 aromatic carbocycles. The smallest absolute Gasteiger partial charge is 0.191 e. The van der Waals surface area contributed by atoms with Crippen LogP contribution in [0.25, 0.3) is 0 Å². The van der Waals surface area contributed by atoms with E-state index < -0.39 is 0 Å². The van der Waals surface area contributed by atoms with Crippen LogP contribution >= 0.6 is 11.3 Å². The van der Waals surface area contributed by atoms with Crippen LogP contribution in [0.4, 0.5) is 0 Å². The zero-order valence-electron chi connectivity index (χ0n) is 13.8. The molecule has 0 aliphatic rings. The van der Waals surface area contributed by atoms with Gasteiger partial charge in [-0.25, -0.2) is 4.98 Å². The lowest BCUT2D eigenvalue weighted by atomic mass is 10.1. The molecule has 7 heteroatoms. The minimum atomic E-state index is 0.685. The van der Waals surface area contributed by atoms with Gasteiger partial charge in [-0.15, -0.1) is 11.3 Å². The summed E-state index contributed by atoms with van der Waals surface area (Å²) in [4.78, 5) is 10.0. The Balaban J connectivity index is 1.80. The van der Waals surface area contributed by atoms with E-state index in [2.05, 4.69) is 32.7 Å². The second-order valence-electron chi connectivity index (χ2n) is 5.15. The van der Waals surface area contributed by atoms with Gasteiger partial charge in [0.1, 0.15) is 10.8 Å². The van der Waals surface area contributed by atoms with E-state index in [1.54, 1.807) is 18.4 Å². The maximum atomic E-state index is 5.17. The van der Waals surface area contributed by atoms with Crippen molar-refractivity contribution in [3.63, 3.8) is 0 Å². The van der Waals surface area contributed by atoms with Gasteiger partial charge in [-0.2, -0.15) is 0 Å². The Labute approximate surface area is 135 Å². The molecule has 2 N–H and O–H groups in total. The zero-order valence-corrected chi connectivity index (χ0v) is 14.6. The Kier molecular flexibility index (Phi) is 5.54. The molecule has 0 saturated carbocycles. The van der Waals surface area contributed by atoms with E-state index >= 15 is 0 Å². The monoisotopic (exact) mass is 321 g/mol. The van der Waals surface area contributed by atoms with Gasteiger partial charge < -0.3 is 15.2 Å². The highest BCUT2D eigenvalue weighted by atomic mass is 32.1. The van der Waals surface area contributed by atoms with E-state index in [4.69, 9.17) is 4.52 Å². The highest BCUT2D eigenvalue weighted by molar-refractivity contribution is 7.11. The molecule has 22 heavy (non-hydrogen) atoms. The molecule has 2 heterocycles. The van der Waals surface area contributed by atoms with Gasteiger partial charge in [0.15, 0.2) is 5.96 Å². The Morgan fingerprint density at radius 1 is 1.18 bits per heavy atom. The van der Waals surface area contributed by atoms with Crippen molar-refractivity contribution in [2.24, 2.45) is 4.99 Å². The molecule has 2 aromatic heterocycles. The normalized spacial score (nSPS) is 11.8. The van der Waals surface area contributed by atoms with E-state index in [0.717, 1.165) is 46.6 Å². The van der Waals surface area contributed by atoms with E-state index in [0.29, 0.717) is 6.54 Å². The lowest BCUT2D eigenvalue weighted by Gasteiger charge is -2.10. The standard InChI is InChI=1S/C15H23N5OS/c1-9-12(4)22-14(19-9)8-18-15(16-5)17-7-6-13-10(2)20-21-11(13)3/h6-8H2,1-5H3,(H2,16,17,18). The van der Waals surface area contributed by atoms with Crippen molar-refractivity contribution >= 4 is 17.3 Å². The number of thiazole rings is 1. The molecular formula is C15H23N5OS. The topological polar surface area (TPSA) is 75.3 Å². The van der Waals surface area contributed by atoms with Crippen LogP contribution in [0.2, 0.25) is 0 Å². The summed E-state index contributed by atoms with van der Waals surface area (Å²) in [6.07, 6.45) is 0.858. The lowest BCUT2D eigenvalue weighted by molar-refractivity contribution is 0.392. The quantitative estimate of drug-likeness (QED) is 0.653. The van der Waals surface area contributed by atoms with Crippen LogP contribution in [0.3, 0.4) is 0 Å². The molecule has 0 aliphatic heterocycles. The SMILES string of the molecule is CN=C(NCCc1c(C)noc1C)NCc1nc(C)c(C)s1. The number of aromatic nitrogens is 2. The van der Waals surface area contributed by atoms with E-state index in [1.807, 2.05) is 20.8 Å². The van der Waals surface area contributed by atoms with Gasteiger partial charge in [-0.3, -0.25) is 4.99 Å². The Bertz CT molecular complexity index is 620. The number of hydrogen-bond acceptors (Lipinski definition) is 5. The number of hydrogen-bond donors (Lipinski definition) is 2.